The molecule has 0 saturated carbocycles. The maximum atomic E-state index is 12.1. The summed E-state index contributed by atoms with van der Waals surface area (Å²) in [6.45, 7) is 0. The van der Waals surface area contributed by atoms with E-state index in [0.717, 1.165) is 11.1 Å². The van der Waals surface area contributed by atoms with Crippen LogP contribution >= 0.6 is 0 Å². The summed E-state index contributed by atoms with van der Waals surface area (Å²) in [6.07, 6.45) is 0.952. The molecule has 1 aromatic carbocycles. The number of rotatable bonds is 11. The smallest absolute Gasteiger partial charge is 0.497 e. The van der Waals surface area contributed by atoms with Gasteiger partial charge in [0.2, 0.25) is 0 Å². The second kappa shape index (κ2) is 10.0. The Labute approximate surface area is 188 Å². The van der Waals surface area contributed by atoms with E-state index in [9.17, 15) is 9.59 Å². The zero-order valence-electron chi connectivity index (χ0n) is 19.3. The highest BCUT2D eigenvalue weighted by Gasteiger charge is 2.56. The topological polar surface area (TPSA) is 98.8 Å². The zero-order chi connectivity index (χ0) is 23.5. The van der Waals surface area contributed by atoms with E-state index in [1.54, 1.807) is 42.7 Å². The summed E-state index contributed by atoms with van der Waals surface area (Å²) in [6, 6.07) is 5.74. The fraction of sp³-hybridized carbons (Fsp3) is 0.545. The van der Waals surface area contributed by atoms with Crippen molar-refractivity contribution < 1.29 is 41.8 Å². The van der Waals surface area contributed by atoms with E-state index in [-0.39, 0.29) is 17.9 Å². The summed E-state index contributed by atoms with van der Waals surface area (Å²) in [7, 11) is 6.14. The Balaban J connectivity index is 2.10. The molecule has 1 fully saturated rings. The lowest BCUT2D eigenvalue weighted by molar-refractivity contribution is -0.153. The van der Waals surface area contributed by atoms with Crippen molar-refractivity contribution in [2.75, 3.05) is 42.7 Å². The molecule has 2 aliphatic rings. The number of ether oxygens (including phenoxy) is 4. The average Bonchev–Trinajstić information content (AvgIpc) is 3.31. The van der Waals surface area contributed by atoms with Crippen LogP contribution in [0.1, 0.15) is 36.3 Å². The number of hydrogen-bond acceptors (Lipinski definition) is 9. The lowest BCUT2D eigenvalue weighted by Gasteiger charge is -2.37. The van der Waals surface area contributed by atoms with Gasteiger partial charge >= 0.3 is 20.7 Å². The van der Waals surface area contributed by atoms with Crippen LogP contribution in [0.2, 0.25) is 5.54 Å². The minimum atomic E-state index is -3.27. The molecule has 176 valence electrons. The molecule has 1 aliphatic carbocycles. The zero-order valence-corrected chi connectivity index (χ0v) is 20.3. The van der Waals surface area contributed by atoms with Crippen molar-refractivity contribution in [1.82, 2.24) is 0 Å². The predicted molar refractivity (Wildman–Crippen MR) is 116 cm³/mol. The third kappa shape index (κ3) is 4.03. The highest BCUT2D eigenvalue weighted by Crippen LogP contribution is 2.55. The molecule has 0 aromatic heterocycles. The number of fused-ring (bicyclic) bond motifs is 1. The minimum Gasteiger partial charge on any atom is -0.497 e. The normalized spacial score (nSPS) is 21.4. The number of carbonyl (C=O) groups excluding carboxylic acids is 2. The van der Waals surface area contributed by atoms with Crippen molar-refractivity contribution in [3.8, 4) is 5.75 Å². The SMILES string of the molecule is COC1=C(OC)C(C(CCC2CC(=O)OC2=O)[Si](OC)(OC)OC)c2cccc(OC)c21. The van der Waals surface area contributed by atoms with E-state index >= 15 is 0 Å². The van der Waals surface area contributed by atoms with Crippen LogP contribution in [0, 0.1) is 5.92 Å². The van der Waals surface area contributed by atoms with E-state index in [2.05, 4.69) is 0 Å². The summed E-state index contributed by atoms with van der Waals surface area (Å²) < 4.78 is 39.5. The van der Waals surface area contributed by atoms with Crippen molar-refractivity contribution >= 4 is 26.5 Å². The summed E-state index contributed by atoms with van der Waals surface area (Å²) in [5.74, 6) is -0.0198. The van der Waals surface area contributed by atoms with Crippen LogP contribution in [-0.2, 0) is 37.1 Å². The van der Waals surface area contributed by atoms with E-state index in [1.165, 1.54) is 0 Å². The van der Waals surface area contributed by atoms with Crippen LogP contribution in [0.4, 0.5) is 0 Å². The molecule has 0 radical (unpaired) electrons. The second-order valence-corrected chi connectivity index (χ2v) is 10.8. The minimum absolute atomic E-state index is 0.0679. The van der Waals surface area contributed by atoms with Gasteiger partial charge in [0.15, 0.2) is 5.76 Å². The lowest BCUT2D eigenvalue weighted by Crippen LogP contribution is -2.50. The molecule has 9 nitrogen and oxygen atoms in total. The van der Waals surface area contributed by atoms with Crippen molar-refractivity contribution in [2.45, 2.75) is 30.7 Å². The third-order valence-corrected chi connectivity index (χ3v) is 9.51. The fourth-order valence-corrected chi connectivity index (χ4v) is 7.49. The largest absolute Gasteiger partial charge is 0.504 e. The molecule has 1 saturated heterocycles. The summed E-state index contributed by atoms with van der Waals surface area (Å²) in [5, 5.41) is 0. The molecule has 3 unspecified atom stereocenters. The Morgan fingerprint density at radius 1 is 1.00 bits per heavy atom. The molecule has 3 atom stereocenters. The van der Waals surface area contributed by atoms with Gasteiger partial charge in [-0.2, -0.15) is 0 Å². The van der Waals surface area contributed by atoms with E-state index < -0.39 is 26.7 Å². The van der Waals surface area contributed by atoms with Gasteiger partial charge in [0.25, 0.3) is 0 Å². The number of allylic oxidation sites excluding steroid dienone is 1. The van der Waals surface area contributed by atoms with Gasteiger partial charge in [-0.25, -0.2) is 0 Å². The number of cyclic esters (lactones) is 2. The molecule has 1 heterocycles. The number of benzene rings is 1. The quantitative estimate of drug-likeness (QED) is 0.277. The summed E-state index contributed by atoms with van der Waals surface area (Å²) >= 11 is 0. The standard InChI is InChI=1S/C22H30O9Si/c1-25-15-9-7-8-14-18(15)20(26-2)21(27-3)19(14)16(32(28-4,29-5)30-6)11-10-13-12-17(23)31-22(13)24/h7-9,13,16,19H,10-12H2,1-6H3. The molecule has 1 aromatic rings. The van der Waals surface area contributed by atoms with Crippen LogP contribution in [0.3, 0.4) is 0 Å². The van der Waals surface area contributed by atoms with Crippen LogP contribution in [0.15, 0.2) is 24.0 Å². The molecule has 0 amide bonds. The van der Waals surface area contributed by atoms with Crippen LogP contribution in [0.5, 0.6) is 5.75 Å². The lowest BCUT2D eigenvalue weighted by atomic mass is 9.90. The molecule has 0 bridgehead atoms. The van der Waals surface area contributed by atoms with Crippen LogP contribution < -0.4 is 4.74 Å². The summed E-state index contributed by atoms with van der Waals surface area (Å²) in [5.41, 5.74) is 1.39. The molecule has 10 heteroatoms. The Kier molecular flexibility index (Phi) is 7.60. The molecular formula is C22H30O9Si. The molecule has 32 heavy (non-hydrogen) atoms. The number of methoxy groups -OCH3 is 3. The Morgan fingerprint density at radius 2 is 1.69 bits per heavy atom. The first-order valence-electron chi connectivity index (χ1n) is 10.3. The van der Waals surface area contributed by atoms with Gasteiger partial charge < -0.3 is 32.2 Å². The Morgan fingerprint density at radius 3 is 2.19 bits per heavy atom. The van der Waals surface area contributed by atoms with Gasteiger partial charge in [-0.1, -0.05) is 12.1 Å². The van der Waals surface area contributed by atoms with Gasteiger partial charge in [0.05, 0.1) is 45.1 Å². The molecule has 0 spiro atoms. The first-order chi connectivity index (χ1) is 15.4. The first-order valence-corrected chi connectivity index (χ1v) is 12.1. The summed E-state index contributed by atoms with van der Waals surface area (Å²) in [4.78, 5) is 23.7. The monoisotopic (exact) mass is 466 g/mol. The van der Waals surface area contributed by atoms with Crippen LogP contribution in [-0.4, -0.2) is 63.4 Å². The van der Waals surface area contributed by atoms with Crippen molar-refractivity contribution in [2.24, 2.45) is 5.92 Å². The van der Waals surface area contributed by atoms with Gasteiger partial charge in [-0.3, -0.25) is 9.59 Å². The average molecular weight is 467 g/mol. The van der Waals surface area contributed by atoms with E-state index in [4.69, 9.17) is 32.2 Å². The third-order valence-electron chi connectivity index (χ3n) is 6.27. The van der Waals surface area contributed by atoms with Crippen molar-refractivity contribution in [3.05, 3.63) is 35.1 Å². The first kappa shape index (κ1) is 24.2. The van der Waals surface area contributed by atoms with Gasteiger partial charge in [-0.15, -0.1) is 0 Å². The number of carbonyl (C=O) groups is 2. The molecular weight excluding hydrogens is 436 g/mol. The molecule has 3 rings (SSSR count). The Bertz CT molecular complexity index is 885. The predicted octanol–water partition coefficient (Wildman–Crippen LogP) is 2.87. The highest BCUT2D eigenvalue weighted by molar-refractivity contribution is 6.62. The van der Waals surface area contributed by atoms with Gasteiger partial charge in [0, 0.05) is 26.9 Å². The molecule has 0 N–H and O–H groups in total. The number of esters is 2. The van der Waals surface area contributed by atoms with E-state index in [1.807, 2.05) is 18.2 Å². The van der Waals surface area contributed by atoms with Gasteiger partial charge in [0.1, 0.15) is 11.5 Å². The van der Waals surface area contributed by atoms with Crippen LogP contribution in [0.25, 0.3) is 5.76 Å². The molecule has 1 aliphatic heterocycles. The van der Waals surface area contributed by atoms with Crippen molar-refractivity contribution in [1.29, 1.82) is 0 Å². The van der Waals surface area contributed by atoms with E-state index in [0.29, 0.717) is 30.1 Å². The fourth-order valence-electron chi connectivity index (χ4n) is 4.82. The maximum Gasteiger partial charge on any atom is 0.504 e. The van der Waals surface area contributed by atoms with Gasteiger partial charge in [-0.05, 0) is 24.5 Å². The maximum absolute atomic E-state index is 12.1. The second-order valence-electron chi connectivity index (χ2n) is 7.60. The highest BCUT2D eigenvalue weighted by atomic mass is 28.4. The Hall–Kier alpha value is -2.40. The van der Waals surface area contributed by atoms with Crippen molar-refractivity contribution in [3.63, 3.8) is 0 Å². The number of hydrogen-bond donors (Lipinski definition) is 0.